The first kappa shape index (κ1) is 41.0. The van der Waals surface area contributed by atoms with Crippen LogP contribution >= 0.6 is 0 Å². The molecule has 0 aromatic heterocycles. The van der Waals surface area contributed by atoms with Crippen molar-refractivity contribution in [2.45, 2.75) is 23.6 Å². The molecule has 0 aliphatic heterocycles. The van der Waals surface area contributed by atoms with Crippen LogP contribution < -0.4 is 10.3 Å². The van der Waals surface area contributed by atoms with Crippen LogP contribution in [-0.4, -0.2) is 69.2 Å². The van der Waals surface area contributed by atoms with Crippen LogP contribution in [0.1, 0.15) is 13.8 Å². The van der Waals surface area contributed by atoms with E-state index in [1.807, 2.05) is 0 Å². The van der Waals surface area contributed by atoms with E-state index in [0.29, 0.717) is 24.6 Å². The van der Waals surface area contributed by atoms with Crippen LogP contribution in [0.2, 0.25) is 0 Å². The van der Waals surface area contributed by atoms with Crippen molar-refractivity contribution in [2.75, 3.05) is 13.2 Å². The molecule has 50 heavy (non-hydrogen) atoms. The molecule has 0 fully saturated rings. The average Bonchev–Trinajstić information content (AvgIpc) is 3.01. The van der Waals surface area contributed by atoms with Crippen LogP contribution in [0.5, 0.6) is 0 Å². The van der Waals surface area contributed by atoms with Gasteiger partial charge in [-0.15, -0.1) is 0 Å². The molecule has 0 spiro atoms. The van der Waals surface area contributed by atoms with Crippen LogP contribution in [0, 0.1) is 20.2 Å². The lowest BCUT2D eigenvalue weighted by Gasteiger charge is -2.09. The summed E-state index contributed by atoms with van der Waals surface area (Å²) in [5, 5.41) is 32.6. The fourth-order valence-corrected chi connectivity index (χ4v) is 6.55. The molecule has 2 aromatic rings. The largest absolute Gasteiger partial charge is 0.492 e. The molecule has 0 heterocycles. The van der Waals surface area contributed by atoms with Crippen molar-refractivity contribution >= 4 is 63.9 Å². The highest BCUT2D eigenvalue weighted by Gasteiger charge is 2.22. The normalized spacial score (nSPS) is 14.2. The van der Waals surface area contributed by atoms with Gasteiger partial charge in [0.2, 0.25) is 20.0 Å². The summed E-state index contributed by atoms with van der Waals surface area (Å²) in [6, 6.07) is 7.58. The van der Waals surface area contributed by atoms with Gasteiger partial charge in [-0.25, -0.2) is 27.1 Å². The van der Waals surface area contributed by atoms with Crippen molar-refractivity contribution in [1.29, 1.82) is 0 Å². The zero-order chi connectivity index (χ0) is 37.9. The molecule has 0 atom stereocenters. The maximum atomic E-state index is 12.7. The summed E-state index contributed by atoms with van der Waals surface area (Å²) < 4.78 is 117. The van der Waals surface area contributed by atoms with E-state index in [0.717, 1.165) is 60.7 Å². The SMILES string of the molecule is CCOC(/C=C/C=C/C(OCC)=C(/C=N/S(=O)(=O)c1cccc([N+](=O)[O-])c1)S(N)(=O)=O)=C(\C=N\S(=O)(=O)c1cccc([N+](=O)[O-])c1)S(N)(=O)=O. The molecule has 20 nitrogen and oxygen atoms in total. The van der Waals surface area contributed by atoms with Gasteiger partial charge in [0.15, 0.2) is 0 Å². The third-order valence-corrected chi connectivity index (χ3v) is 9.88. The number of nitrogens with two attached hydrogens (primary N) is 2. The number of ether oxygens (including phenoxy) is 2. The maximum absolute atomic E-state index is 12.7. The van der Waals surface area contributed by atoms with Crippen LogP contribution in [0.4, 0.5) is 11.4 Å². The summed E-state index contributed by atoms with van der Waals surface area (Å²) in [7, 11) is -18.9. The predicted molar refractivity (Wildman–Crippen MR) is 179 cm³/mol. The zero-order valence-corrected chi connectivity index (χ0v) is 29.1. The van der Waals surface area contributed by atoms with E-state index in [2.05, 4.69) is 8.80 Å². The number of benzene rings is 2. The van der Waals surface area contributed by atoms with Gasteiger partial charge in [-0.05, 0) is 38.1 Å². The molecule has 0 amide bonds. The molecule has 24 heteroatoms. The molecule has 270 valence electrons. The summed E-state index contributed by atoms with van der Waals surface area (Å²) in [5.41, 5.74) is -1.15. The summed E-state index contributed by atoms with van der Waals surface area (Å²) >= 11 is 0. The molecule has 2 aromatic carbocycles. The lowest BCUT2D eigenvalue weighted by Crippen LogP contribution is -2.19. The molecule has 4 N–H and O–H groups in total. The Balaban J connectivity index is 2.62. The smallest absolute Gasteiger partial charge is 0.282 e. The fraction of sp³-hybridized carbons (Fsp3) is 0.154. The number of rotatable bonds is 17. The van der Waals surface area contributed by atoms with Gasteiger partial charge in [0.1, 0.15) is 21.3 Å². The van der Waals surface area contributed by atoms with E-state index < -0.39 is 92.4 Å². The summed E-state index contributed by atoms with van der Waals surface area (Å²) in [5.74, 6) is -1.09. The zero-order valence-electron chi connectivity index (χ0n) is 25.8. The quantitative estimate of drug-likeness (QED) is 0.0762. The Bertz CT molecular complexity index is 2110. The summed E-state index contributed by atoms with van der Waals surface area (Å²) in [6.45, 7) is 2.53. The first-order valence-electron chi connectivity index (χ1n) is 13.4. The minimum Gasteiger partial charge on any atom is -0.492 e. The Kier molecular flexibility index (Phi) is 13.9. The summed E-state index contributed by atoms with van der Waals surface area (Å²) in [4.78, 5) is 17.2. The van der Waals surface area contributed by atoms with Gasteiger partial charge in [0.25, 0.3) is 31.4 Å². The van der Waals surface area contributed by atoms with Gasteiger partial charge < -0.3 is 9.47 Å². The van der Waals surface area contributed by atoms with Crippen molar-refractivity contribution in [2.24, 2.45) is 19.1 Å². The molecule has 0 radical (unpaired) electrons. The topological polar surface area (TPSA) is 318 Å². The third kappa shape index (κ3) is 11.8. The Morgan fingerprint density at radius 1 is 0.680 bits per heavy atom. The third-order valence-electron chi connectivity index (χ3n) is 5.57. The van der Waals surface area contributed by atoms with Crippen molar-refractivity contribution < 1.29 is 53.0 Å². The molecule has 0 saturated carbocycles. The molecule has 0 bridgehead atoms. The van der Waals surface area contributed by atoms with E-state index in [9.17, 15) is 53.9 Å². The van der Waals surface area contributed by atoms with E-state index in [4.69, 9.17) is 19.8 Å². The van der Waals surface area contributed by atoms with Gasteiger partial charge in [-0.1, -0.05) is 24.3 Å². The van der Waals surface area contributed by atoms with Crippen molar-refractivity contribution in [3.8, 4) is 0 Å². The minimum atomic E-state index is -4.74. The Hall–Kier alpha value is -5.14. The van der Waals surface area contributed by atoms with Gasteiger partial charge in [0, 0.05) is 24.3 Å². The van der Waals surface area contributed by atoms with Gasteiger partial charge >= 0.3 is 0 Å². The van der Waals surface area contributed by atoms with Crippen LogP contribution in [0.3, 0.4) is 0 Å². The van der Waals surface area contributed by atoms with Crippen LogP contribution in [0.25, 0.3) is 0 Å². The molecule has 0 aliphatic rings. The number of allylic oxidation sites excluding steroid dienone is 6. The van der Waals surface area contributed by atoms with E-state index in [1.165, 1.54) is 13.8 Å². The Morgan fingerprint density at radius 3 is 1.30 bits per heavy atom. The second-order valence-electron chi connectivity index (χ2n) is 9.06. The second-order valence-corrected chi connectivity index (χ2v) is 15.4. The molecular weight excluding hydrogens is 749 g/mol. The van der Waals surface area contributed by atoms with Crippen LogP contribution in [-0.2, 0) is 49.6 Å². The Morgan fingerprint density at radius 2 is 1.02 bits per heavy atom. The summed E-state index contributed by atoms with van der Waals surface area (Å²) in [6.07, 6.45) is 4.77. The van der Waals surface area contributed by atoms with Gasteiger partial charge in [-0.2, -0.15) is 25.6 Å². The number of primary sulfonamides is 2. The van der Waals surface area contributed by atoms with E-state index >= 15 is 0 Å². The minimum absolute atomic E-state index is 0.178. The lowest BCUT2D eigenvalue weighted by atomic mass is 10.3. The number of nitro benzene ring substituents is 2. The number of nitro groups is 2. The van der Waals surface area contributed by atoms with Crippen molar-refractivity contribution in [3.05, 3.63) is 114 Å². The highest BCUT2D eigenvalue weighted by Crippen LogP contribution is 2.22. The predicted octanol–water partition coefficient (Wildman–Crippen LogP) is 1.91. The maximum Gasteiger partial charge on any atom is 0.282 e. The number of non-ortho nitro benzene ring substituents is 2. The van der Waals surface area contributed by atoms with Crippen LogP contribution in [0.15, 0.2) is 113 Å². The molecule has 0 saturated heterocycles. The Labute approximate surface area is 286 Å². The average molecular weight is 777 g/mol. The highest BCUT2D eigenvalue weighted by molar-refractivity contribution is 7.94. The fourth-order valence-electron chi connectivity index (χ4n) is 3.43. The monoisotopic (exact) mass is 776 g/mol. The highest BCUT2D eigenvalue weighted by atomic mass is 32.2. The number of hydrogen-bond donors (Lipinski definition) is 2. The van der Waals surface area contributed by atoms with Gasteiger partial charge in [-0.3, -0.25) is 20.2 Å². The lowest BCUT2D eigenvalue weighted by molar-refractivity contribution is -0.385. The van der Waals surface area contributed by atoms with E-state index in [-0.39, 0.29) is 13.2 Å². The van der Waals surface area contributed by atoms with Gasteiger partial charge in [0.05, 0.1) is 45.3 Å². The molecule has 0 unspecified atom stereocenters. The first-order valence-corrected chi connectivity index (χ1v) is 19.4. The number of hydrogen-bond acceptors (Lipinski definition) is 14. The van der Waals surface area contributed by atoms with Crippen molar-refractivity contribution in [1.82, 2.24) is 0 Å². The molecule has 2 rings (SSSR count). The molecular formula is C26H28N6O14S4. The second kappa shape index (κ2) is 17.0. The first-order chi connectivity index (χ1) is 23.1. The number of sulfonamides is 4. The standard InChI is InChI=1S/C26H28N6O14S4/c1-3-45-23(25(47(27,37)38)17-29-49(41,42)21-11-7-9-19(15-21)31(33)34)13-5-6-14-24(46-4-2)26(48(28,39)40)18-30-50(43,44)22-12-8-10-20(16-22)32(35)36/h5-18H,3-4H2,1-2H3,(H2,27,37,38)(H2,28,39,40)/b13-5+,14-6+,25-23+,26-24+,29-17+,30-18+. The van der Waals surface area contributed by atoms with Crippen molar-refractivity contribution in [3.63, 3.8) is 0 Å². The van der Waals surface area contributed by atoms with E-state index in [1.54, 1.807) is 0 Å². The molecule has 0 aliphatic carbocycles. The number of nitrogens with zero attached hydrogens (tertiary/aromatic N) is 4.